The minimum atomic E-state index is -0.108. The molecule has 0 N–H and O–H groups in total. The van der Waals surface area contributed by atoms with E-state index in [-0.39, 0.29) is 11.9 Å². The highest BCUT2D eigenvalue weighted by molar-refractivity contribution is 6.30. The van der Waals surface area contributed by atoms with Crippen molar-refractivity contribution < 1.29 is 9.21 Å². The molecule has 1 amide bonds. The lowest BCUT2D eigenvalue weighted by Crippen LogP contribution is -2.39. The topological polar surface area (TPSA) is 63.6 Å². The summed E-state index contributed by atoms with van der Waals surface area (Å²) in [6.45, 7) is 2.70. The highest BCUT2D eigenvalue weighted by Crippen LogP contribution is 2.34. The molecule has 0 saturated heterocycles. The number of hydrogen-bond acceptors (Lipinski definition) is 4. The van der Waals surface area contributed by atoms with Crippen LogP contribution in [0.25, 0.3) is 17.0 Å². The van der Waals surface area contributed by atoms with E-state index in [9.17, 15) is 4.79 Å². The van der Waals surface area contributed by atoms with Gasteiger partial charge < -0.3 is 9.32 Å². The standard InChI is InChI=1S/C21H17ClN4O2/c1-13-17-9-15(19-3-2-8-28-19)5-4-14(17)6-7-25(13)21(27)18-10-20-23-11-16(22)12-26(20)24-18/h2-5,8-13H,6-7H2,1H3. The Kier molecular flexibility index (Phi) is 3.94. The van der Waals surface area contributed by atoms with Gasteiger partial charge in [-0.1, -0.05) is 23.7 Å². The van der Waals surface area contributed by atoms with Crippen molar-refractivity contribution in [3.8, 4) is 11.3 Å². The lowest BCUT2D eigenvalue weighted by Gasteiger charge is -2.35. The summed E-state index contributed by atoms with van der Waals surface area (Å²) in [6.07, 6.45) is 5.66. The molecule has 3 aromatic heterocycles. The number of nitrogens with zero attached hydrogens (tertiary/aromatic N) is 4. The van der Waals surface area contributed by atoms with Crippen LogP contribution in [0.5, 0.6) is 0 Å². The van der Waals surface area contributed by atoms with E-state index in [1.807, 2.05) is 24.0 Å². The van der Waals surface area contributed by atoms with Crippen LogP contribution in [0.15, 0.2) is 59.5 Å². The second-order valence-electron chi connectivity index (χ2n) is 6.92. The average Bonchev–Trinajstić information content (AvgIpc) is 3.37. The third-order valence-corrected chi connectivity index (χ3v) is 5.45. The molecule has 5 rings (SSSR count). The van der Waals surface area contributed by atoms with Gasteiger partial charge in [-0.2, -0.15) is 5.10 Å². The number of furan rings is 1. The van der Waals surface area contributed by atoms with Gasteiger partial charge in [-0.15, -0.1) is 0 Å². The number of rotatable bonds is 2. The van der Waals surface area contributed by atoms with Gasteiger partial charge in [0.25, 0.3) is 5.91 Å². The first-order valence-corrected chi connectivity index (χ1v) is 9.46. The molecular formula is C21H17ClN4O2. The summed E-state index contributed by atoms with van der Waals surface area (Å²) >= 11 is 5.97. The molecule has 1 aromatic carbocycles. The second kappa shape index (κ2) is 6.49. The van der Waals surface area contributed by atoms with Crippen LogP contribution in [0.3, 0.4) is 0 Å². The predicted octanol–water partition coefficient (Wildman–Crippen LogP) is 4.40. The van der Waals surface area contributed by atoms with Crippen molar-refractivity contribution in [2.75, 3.05) is 6.54 Å². The predicted molar refractivity (Wildman–Crippen MR) is 105 cm³/mol. The molecule has 140 valence electrons. The van der Waals surface area contributed by atoms with Crippen LogP contribution in [0.1, 0.15) is 34.6 Å². The summed E-state index contributed by atoms with van der Waals surface area (Å²) < 4.78 is 7.06. The van der Waals surface area contributed by atoms with Crippen LogP contribution in [0, 0.1) is 0 Å². The number of carbonyl (C=O) groups excluding carboxylic acids is 1. The average molecular weight is 393 g/mol. The fourth-order valence-electron chi connectivity index (χ4n) is 3.79. The molecule has 1 atom stereocenters. The van der Waals surface area contributed by atoms with Gasteiger partial charge in [0.2, 0.25) is 0 Å². The molecule has 1 unspecified atom stereocenters. The summed E-state index contributed by atoms with van der Waals surface area (Å²) in [5.41, 5.74) is 4.37. The number of carbonyl (C=O) groups is 1. The second-order valence-corrected chi connectivity index (χ2v) is 7.36. The number of halogens is 1. The molecule has 1 aliphatic rings. The largest absolute Gasteiger partial charge is 0.464 e. The molecule has 1 aliphatic heterocycles. The Morgan fingerprint density at radius 1 is 1.29 bits per heavy atom. The molecule has 0 spiro atoms. The van der Waals surface area contributed by atoms with E-state index in [1.54, 1.807) is 24.7 Å². The first kappa shape index (κ1) is 17.0. The highest BCUT2D eigenvalue weighted by atomic mass is 35.5. The summed E-state index contributed by atoms with van der Waals surface area (Å²) in [6, 6.07) is 11.8. The Morgan fingerprint density at radius 3 is 3.00 bits per heavy atom. The number of benzene rings is 1. The van der Waals surface area contributed by atoms with Gasteiger partial charge in [-0.25, -0.2) is 9.50 Å². The minimum Gasteiger partial charge on any atom is -0.464 e. The van der Waals surface area contributed by atoms with Gasteiger partial charge in [0.05, 0.1) is 23.5 Å². The Labute approximate surface area is 166 Å². The van der Waals surface area contributed by atoms with Crippen LogP contribution in [-0.4, -0.2) is 31.9 Å². The van der Waals surface area contributed by atoms with Crippen LogP contribution < -0.4 is 0 Å². The zero-order valence-electron chi connectivity index (χ0n) is 15.2. The molecular weight excluding hydrogens is 376 g/mol. The number of hydrogen-bond donors (Lipinski definition) is 0. The molecule has 6 nitrogen and oxygen atoms in total. The fourth-order valence-corrected chi connectivity index (χ4v) is 3.93. The Morgan fingerprint density at radius 2 is 2.18 bits per heavy atom. The summed E-state index contributed by atoms with van der Waals surface area (Å²) in [7, 11) is 0. The molecule has 28 heavy (non-hydrogen) atoms. The lowest BCUT2D eigenvalue weighted by atomic mass is 9.91. The first-order chi connectivity index (χ1) is 13.6. The summed E-state index contributed by atoms with van der Waals surface area (Å²) in [5, 5.41) is 4.83. The van der Waals surface area contributed by atoms with E-state index in [4.69, 9.17) is 16.0 Å². The Balaban J connectivity index is 1.48. The Hall–Kier alpha value is -3.12. The maximum atomic E-state index is 13.2. The van der Waals surface area contributed by atoms with Gasteiger partial charge in [-0.3, -0.25) is 4.79 Å². The van der Waals surface area contributed by atoms with Crippen molar-refractivity contribution in [2.24, 2.45) is 0 Å². The van der Waals surface area contributed by atoms with Gasteiger partial charge in [-0.05, 0) is 42.7 Å². The molecule has 0 aliphatic carbocycles. The zero-order chi connectivity index (χ0) is 19.3. The lowest BCUT2D eigenvalue weighted by molar-refractivity contribution is 0.0671. The van der Waals surface area contributed by atoms with Gasteiger partial charge in [0, 0.05) is 24.4 Å². The maximum absolute atomic E-state index is 13.2. The Bertz CT molecular complexity index is 1180. The third-order valence-electron chi connectivity index (χ3n) is 5.25. The van der Waals surface area contributed by atoms with E-state index in [0.717, 1.165) is 23.3 Å². The van der Waals surface area contributed by atoms with Gasteiger partial charge in [0.1, 0.15) is 5.76 Å². The van der Waals surface area contributed by atoms with Crippen molar-refractivity contribution in [3.05, 3.63) is 76.9 Å². The van der Waals surface area contributed by atoms with E-state index in [1.165, 1.54) is 10.1 Å². The van der Waals surface area contributed by atoms with Crippen LogP contribution in [-0.2, 0) is 6.42 Å². The summed E-state index contributed by atoms with van der Waals surface area (Å²) in [4.78, 5) is 19.2. The SMILES string of the molecule is CC1c2cc(-c3ccco3)ccc2CCN1C(=O)c1cc2ncc(Cl)cn2n1. The van der Waals surface area contributed by atoms with E-state index >= 15 is 0 Å². The van der Waals surface area contributed by atoms with E-state index in [0.29, 0.717) is 22.9 Å². The normalized spacial score (nSPS) is 16.4. The third kappa shape index (κ3) is 2.77. The molecule has 0 saturated carbocycles. The van der Waals surface area contributed by atoms with E-state index < -0.39 is 0 Å². The van der Waals surface area contributed by atoms with Crippen molar-refractivity contribution >= 4 is 23.2 Å². The molecule has 0 radical (unpaired) electrons. The van der Waals surface area contributed by atoms with Crippen molar-refractivity contribution in [1.29, 1.82) is 0 Å². The molecule has 4 aromatic rings. The van der Waals surface area contributed by atoms with Crippen molar-refractivity contribution in [3.63, 3.8) is 0 Å². The number of fused-ring (bicyclic) bond motifs is 2. The molecule has 4 heterocycles. The zero-order valence-corrected chi connectivity index (χ0v) is 15.9. The van der Waals surface area contributed by atoms with Gasteiger partial charge in [0.15, 0.2) is 11.3 Å². The number of aromatic nitrogens is 3. The van der Waals surface area contributed by atoms with Crippen LogP contribution in [0.2, 0.25) is 5.02 Å². The quantitative estimate of drug-likeness (QED) is 0.507. The minimum absolute atomic E-state index is 0.0625. The fraction of sp³-hybridized carbons (Fsp3) is 0.190. The van der Waals surface area contributed by atoms with Crippen molar-refractivity contribution in [2.45, 2.75) is 19.4 Å². The first-order valence-electron chi connectivity index (χ1n) is 9.09. The van der Waals surface area contributed by atoms with Crippen molar-refractivity contribution in [1.82, 2.24) is 19.5 Å². The van der Waals surface area contributed by atoms with E-state index in [2.05, 4.69) is 28.3 Å². The molecule has 0 fully saturated rings. The highest BCUT2D eigenvalue weighted by Gasteiger charge is 2.30. The van der Waals surface area contributed by atoms with Gasteiger partial charge >= 0.3 is 0 Å². The summed E-state index contributed by atoms with van der Waals surface area (Å²) in [5.74, 6) is 0.713. The molecule has 0 bridgehead atoms. The van der Waals surface area contributed by atoms with Crippen LogP contribution >= 0.6 is 11.6 Å². The maximum Gasteiger partial charge on any atom is 0.274 e. The number of amides is 1. The van der Waals surface area contributed by atoms with Crippen LogP contribution in [0.4, 0.5) is 0 Å². The monoisotopic (exact) mass is 392 g/mol. The smallest absolute Gasteiger partial charge is 0.274 e. The molecule has 7 heteroatoms.